The molecule has 0 bridgehead atoms. The van der Waals surface area contributed by atoms with Gasteiger partial charge in [0.25, 0.3) is 0 Å². The molecule has 108 valence electrons. The fourth-order valence-corrected chi connectivity index (χ4v) is 1.03. The molecular formula is C19H22Pt. The zero-order valence-electron chi connectivity index (χ0n) is 12.1. The quantitative estimate of drug-likeness (QED) is 0.423. The van der Waals surface area contributed by atoms with Gasteiger partial charge in [0.05, 0.1) is 0 Å². The number of allylic oxidation sites excluding steroid dienone is 4. The second kappa shape index (κ2) is 19.9. The average Bonchev–Trinajstić information content (AvgIpc) is 2.53. The molecule has 0 nitrogen and oxygen atoms in total. The van der Waals surface area contributed by atoms with Crippen molar-refractivity contribution in [3.8, 4) is 0 Å². The first-order chi connectivity index (χ1) is 9.41. The van der Waals surface area contributed by atoms with Gasteiger partial charge in [0.1, 0.15) is 0 Å². The van der Waals surface area contributed by atoms with Gasteiger partial charge in [-0.2, -0.15) is 72.8 Å². The van der Waals surface area contributed by atoms with Crippen LogP contribution >= 0.6 is 0 Å². The second-order valence-corrected chi connectivity index (χ2v) is 3.53. The van der Waals surface area contributed by atoms with Crippen LogP contribution in [0, 0.1) is 12.1 Å². The molecular weight excluding hydrogens is 423 g/mol. The topological polar surface area (TPSA) is 0 Å². The van der Waals surface area contributed by atoms with Crippen molar-refractivity contribution in [1.82, 2.24) is 0 Å². The second-order valence-electron chi connectivity index (χ2n) is 3.53. The molecule has 0 unspecified atom stereocenters. The van der Waals surface area contributed by atoms with Crippen LogP contribution in [0.1, 0.15) is 20.3 Å². The van der Waals surface area contributed by atoms with Gasteiger partial charge in [-0.05, 0) is 20.3 Å². The van der Waals surface area contributed by atoms with Crippen molar-refractivity contribution < 1.29 is 21.1 Å². The molecule has 0 N–H and O–H groups in total. The zero-order chi connectivity index (χ0) is 14.0. The first-order valence-electron chi connectivity index (χ1n) is 6.46. The Morgan fingerprint density at radius 2 is 1.00 bits per heavy atom. The van der Waals surface area contributed by atoms with E-state index in [0.717, 1.165) is 6.42 Å². The van der Waals surface area contributed by atoms with Crippen molar-refractivity contribution in [3.05, 3.63) is 97.1 Å². The molecule has 1 heteroatoms. The molecule has 2 aromatic carbocycles. The number of rotatable bonds is 2. The van der Waals surface area contributed by atoms with Crippen molar-refractivity contribution >= 4 is 0 Å². The number of benzene rings is 2. The Labute approximate surface area is 138 Å². The molecule has 0 fully saturated rings. The summed E-state index contributed by atoms with van der Waals surface area (Å²) >= 11 is 0. The molecule has 0 aliphatic rings. The van der Waals surface area contributed by atoms with Crippen molar-refractivity contribution in [2.75, 3.05) is 0 Å². The Bertz CT molecular complexity index is 309. The summed E-state index contributed by atoms with van der Waals surface area (Å²) in [6.07, 6.45) is 9.44. The van der Waals surface area contributed by atoms with Crippen LogP contribution in [-0.4, -0.2) is 0 Å². The summed E-state index contributed by atoms with van der Waals surface area (Å²) in [5.74, 6) is 0. The van der Waals surface area contributed by atoms with Crippen LogP contribution in [0.5, 0.6) is 0 Å². The van der Waals surface area contributed by atoms with Crippen molar-refractivity contribution in [3.63, 3.8) is 0 Å². The average molecular weight is 445 g/mol. The minimum atomic E-state index is 0. The molecule has 20 heavy (non-hydrogen) atoms. The molecule has 0 saturated heterocycles. The van der Waals surface area contributed by atoms with Crippen LogP contribution in [0.15, 0.2) is 85.0 Å². The Hall–Kier alpha value is -1.39. The molecule has 0 spiro atoms. The number of hydrogen-bond acceptors (Lipinski definition) is 0. The van der Waals surface area contributed by atoms with Gasteiger partial charge in [0, 0.05) is 0 Å². The van der Waals surface area contributed by atoms with Crippen LogP contribution in [0.4, 0.5) is 0 Å². The number of hydrogen-bond donors (Lipinski definition) is 0. The summed E-state index contributed by atoms with van der Waals surface area (Å²) in [6.45, 7) is 4.06. The minimum Gasteiger partial charge on any atom is -0.184 e. The Morgan fingerprint density at radius 1 is 0.650 bits per heavy atom. The van der Waals surface area contributed by atoms with Crippen molar-refractivity contribution in [2.45, 2.75) is 20.3 Å². The standard InChI is InChI=1S/C7H12.2C6H5.Pt/c1-3-5-7-6-4-2;2*1-2-4-6-5-3-1;/h3-6H,7H2,1-2H3;2*1-5H;/q;2*-1;+2. The van der Waals surface area contributed by atoms with Gasteiger partial charge in [0.15, 0.2) is 0 Å². The van der Waals surface area contributed by atoms with Crippen LogP contribution in [0.25, 0.3) is 0 Å². The third-order valence-electron chi connectivity index (χ3n) is 1.96. The maximum absolute atomic E-state index is 2.89. The molecule has 0 aliphatic carbocycles. The molecule has 2 rings (SSSR count). The van der Waals surface area contributed by atoms with E-state index in [4.69, 9.17) is 0 Å². The van der Waals surface area contributed by atoms with E-state index in [1.807, 2.05) is 74.5 Å². The molecule has 0 amide bonds. The molecule has 0 heterocycles. The van der Waals surface area contributed by atoms with Gasteiger partial charge in [0.2, 0.25) is 0 Å². The predicted octanol–water partition coefficient (Wildman–Crippen LogP) is 5.50. The van der Waals surface area contributed by atoms with E-state index in [1.165, 1.54) is 0 Å². The van der Waals surface area contributed by atoms with Gasteiger partial charge >= 0.3 is 21.1 Å². The van der Waals surface area contributed by atoms with Crippen LogP contribution in [-0.2, 0) is 21.1 Å². The SMILES string of the molecule is CC=CCC=CC.[Pt+2].[c-]1ccccc1.[c-]1ccccc1. The van der Waals surface area contributed by atoms with E-state index in [9.17, 15) is 0 Å². The predicted molar refractivity (Wildman–Crippen MR) is 84.8 cm³/mol. The van der Waals surface area contributed by atoms with Gasteiger partial charge in [-0.1, -0.05) is 24.3 Å². The van der Waals surface area contributed by atoms with Crippen molar-refractivity contribution in [1.29, 1.82) is 0 Å². The van der Waals surface area contributed by atoms with E-state index in [1.54, 1.807) is 0 Å². The van der Waals surface area contributed by atoms with E-state index < -0.39 is 0 Å². The molecule has 0 atom stereocenters. The first kappa shape index (κ1) is 20.9. The molecule has 0 aromatic heterocycles. The third-order valence-corrected chi connectivity index (χ3v) is 1.96. The molecule has 0 aliphatic heterocycles. The van der Waals surface area contributed by atoms with Crippen LogP contribution < -0.4 is 0 Å². The Kier molecular flexibility index (Phi) is 20.9. The largest absolute Gasteiger partial charge is 2.00 e. The van der Waals surface area contributed by atoms with E-state index >= 15 is 0 Å². The van der Waals surface area contributed by atoms with E-state index in [2.05, 4.69) is 36.4 Å². The summed E-state index contributed by atoms with van der Waals surface area (Å²) in [5, 5.41) is 0. The Balaban J connectivity index is 0. The fourth-order valence-electron chi connectivity index (χ4n) is 1.03. The Morgan fingerprint density at radius 3 is 1.15 bits per heavy atom. The van der Waals surface area contributed by atoms with E-state index in [-0.39, 0.29) is 21.1 Å². The summed E-state index contributed by atoms with van der Waals surface area (Å²) in [6, 6.07) is 25.0. The van der Waals surface area contributed by atoms with Gasteiger partial charge < -0.3 is 0 Å². The maximum Gasteiger partial charge on any atom is 2.00 e. The smallest absolute Gasteiger partial charge is 0.184 e. The fraction of sp³-hybridized carbons (Fsp3) is 0.158. The monoisotopic (exact) mass is 445 g/mol. The molecule has 0 radical (unpaired) electrons. The van der Waals surface area contributed by atoms with Gasteiger partial charge in [-0.15, -0.1) is 0 Å². The first-order valence-corrected chi connectivity index (χ1v) is 6.46. The third kappa shape index (κ3) is 19.0. The minimum absolute atomic E-state index is 0. The van der Waals surface area contributed by atoms with E-state index in [0.29, 0.717) is 0 Å². The van der Waals surface area contributed by atoms with Gasteiger partial charge in [-0.25, -0.2) is 0 Å². The van der Waals surface area contributed by atoms with Crippen molar-refractivity contribution in [2.24, 2.45) is 0 Å². The summed E-state index contributed by atoms with van der Waals surface area (Å²) in [5.41, 5.74) is 0. The summed E-state index contributed by atoms with van der Waals surface area (Å²) < 4.78 is 0. The normalized spacial score (nSPS) is 8.90. The summed E-state index contributed by atoms with van der Waals surface area (Å²) in [4.78, 5) is 0. The van der Waals surface area contributed by atoms with Gasteiger partial charge in [-0.3, -0.25) is 0 Å². The molecule has 2 aromatic rings. The molecule has 0 saturated carbocycles. The maximum atomic E-state index is 2.89. The van der Waals surface area contributed by atoms with Crippen LogP contribution in [0.2, 0.25) is 0 Å². The van der Waals surface area contributed by atoms with Crippen LogP contribution in [0.3, 0.4) is 0 Å². The summed E-state index contributed by atoms with van der Waals surface area (Å²) in [7, 11) is 0. The zero-order valence-corrected chi connectivity index (χ0v) is 14.4.